The first-order valence-corrected chi connectivity index (χ1v) is 10.9. The van der Waals surface area contributed by atoms with E-state index in [9.17, 15) is 19.8 Å². The van der Waals surface area contributed by atoms with Gasteiger partial charge >= 0.3 is 0 Å². The smallest absolute Gasteiger partial charge is 0.200 e. The Kier molecular flexibility index (Phi) is 5.96. The molecule has 7 heteroatoms. The number of rotatable bonds is 7. The molecule has 0 bridgehead atoms. The van der Waals surface area contributed by atoms with Crippen LogP contribution in [0.15, 0.2) is 42.5 Å². The van der Waals surface area contributed by atoms with Gasteiger partial charge in [0.25, 0.3) is 0 Å². The molecule has 3 aromatic carbocycles. The summed E-state index contributed by atoms with van der Waals surface area (Å²) in [5.41, 5.74) is 12.3. The van der Waals surface area contributed by atoms with Gasteiger partial charge in [0.2, 0.25) is 11.6 Å². The maximum Gasteiger partial charge on any atom is 0.200 e. The summed E-state index contributed by atoms with van der Waals surface area (Å²) in [5.74, 6) is -1.54. The number of unbranched alkanes of at least 4 members (excludes halogenated alkanes) is 3. The van der Waals surface area contributed by atoms with Gasteiger partial charge < -0.3 is 26.4 Å². The molecule has 0 spiro atoms. The van der Waals surface area contributed by atoms with Gasteiger partial charge in [-0.05, 0) is 30.7 Å². The molecule has 0 unspecified atom stereocenters. The lowest BCUT2D eigenvalue weighted by Gasteiger charge is -2.23. The zero-order valence-electron chi connectivity index (χ0n) is 18.4. The number of carbonyl (C=O) groups excluding carboxylic acids is 2. The summed E-state index contributed by atoms with van der Waals surface area (Å²) < 4.78 is 5.96. The van der Waals surface area contributed by atoms with Crippen LogP contribution in [-0.4, -0.2) is 28.4 Å². The Morgan fingerprint density at radius 1 is 0.788 bits per heavy atom. The molecule has 0 fully saturated rings. The molecule has 0 saturated carbocycles. The number of anilines is 2. The van der Waals surface area contributed by atoms with E-state index in [0.29, 0.717) is 17.9 Å². The third-order valence-corrected chi connectivity index (χ3v) is 5.89. The second kappa shape index (κ2) is 8.86. The summed E-state index contributed by atoms with van der Waals surface area (Å²) in [6.07, 6.45) is 4.20. The SMILES string of the molecule is CCCCCCOc1ccccc1-c1cc(N)c2c(c1O)C(=O)c1c(N)ccc(O)c1C2=O. The molecule has 0 heterocycles. The number of nitrogens with two attached hydrogens (primary N) is 2. The highest BCUT2D eigenvalue weighted by atomic mass is 16.5. The van der Waals surface area contributed by atoms with Crippen molar-refractivity contribution in [1.29, 1.82) is 0 Å². The molecule has 1 aliphatic rings. The zero-order chi connectivity index (χ0) is 23.7. The number of carbonyl (C=O) groups is 2. The summed E-state index contributed by atoms with van der Waals surface area (Å²) in [7, 11) is 0. The molecular formula is C26H26N2O5. The van der Waals surface area contributed by atoms with Crippen LogP contribution in [0.25, 0.3) is 11.1 Å². The fourth-order valence-electron chi connectivity index (χ4n) is 4.22. The number of hydrogen-bond acceptors (Lipinski definition) is 7. The van der Waals surface area contributed by atoms with Gasteiger partial charge in [-0.1, -0.05) is 44.4 Å². The van der Waals surface area contributed by atoms with E-state index in [1.54, 1.807) is 18.2 Å². The van der Waals surface area contributed by atoms with Crippen LogP contribution in [0, 0.1) is 0 Å². The molecule has 4 rings (SSSR count). The number of para-hydroxylation sites is 1. The Balaban J connectivity index is 1.81. The topological polar surface area (TPSA) is 136 Å². The number of phenolic OH excluding ortho intramolecular Hbond substituents is 2. The Labute approximate surface area is 191 Å². The number of phenols is 2. The van der Waals surface area contributed by atoms with Gasteiger partial charge in [-0.2, -0.15) is 0 Å². The van der Waals surface area contributed by atoms with E-state index < -0.39 is 11.6 Å². The van der Waals surface area contributed by atoms with E-state index in [-0.39, 0.29) is 50.7 Å². The molecule has 7 nitrogen and oxygen atoms in total. The monoisotopic (exact) mass is 446 g/mol. The molecule has 1 aliphatic carbocycles. The van der Waals surface area contributed by atoms with Gasteiger partial charge in [-0.25, -0.2) is 0 Å². The number of benzene rings is 3. The van der Waals surface area contributed by atoms with Crippen LogP contribution >= 0.6 is 0 Å². The highest BCUT2D eigenvalue weighted by Gasteiger charge is 2.38. The van der Waals surface area contributed by atoms with Crippen LogP contribution < -0.4 is 16.2 Å². The molecule has 6 N–H and O–H groups in total. The van der Waals surface area contributed by atoms with Crippen molar-refractivity contribution < 1.29 is 24.5 Å². The average molecular weight is 447 g/mol. The number of ketones is 2. The molecule has 33 heavy (non-hydrogen) atoms. The van der Waals surface area contributed by atoms with Crippen molar-refractivity contribution in [3.8, 4) is 28.4 Å². The van der Waals surface area contributed by atoms with Crippen molar-refractivity contribution in [2.45, 2.75) is 32.6 Å². The number of hydrogen-bond donors (Lipinski definition) is 4. The van der Waals surface area contributed by atoms with Crippen molar-refractivity contribution in [1.82, 2.24) is 0 Å². The Hall–Kier alpha value is -4.00. The predicted molar refractivity (Wildman–Crippen MR) is 127 cm³/mol. The van der Waals surface area contributed by atoms with Gasteiger partial charge in [0.05, 0.1) is 28.9 Å². The van der Waals surface area contributed by atoms with Gasteiger partial charge in [0.1, 0.15) is 17.2 Å². The van der Waals surface area contributed by atoms with Crippen LogP contribution in [-0.2, 0) is 0 Å². The van der Waals surface area contributed by atoms with Crippen molar-refractivity contribution in [2.75, 3.05) is 18.1 Å². The number of fused-ring (bicyclic) bond motifs is 2. The first-order chi connectivity index (χ1) is 15.9. The minimum absolute atomic E-state index is 0.0152. The standard InChI is InChI=1S/C26H26N2O5/c1-2-3-4-7-12-33-19-9-6-5-8-14(19)15-13-17(28)21-23(24(15)30)26(32)20-16(27)10-11-18(29)22(20)25(21)31/h5-6,8-11,13,29-30H,2-4,7,12,27-28H2,1H3. The fraction of sp³-hybridized carbons (Fsp3) is 0.231. The Morgan fingerprint density at radius 3 is 2.24 bits per heavy atom. The lowest BCUT2D eigenvalue weighted by molar-refractivity contribution is 0.0975. The second-order valence-electron chi connectivity index (χ2n) is 8.10. The second-order valence-corrected chi connectivity index (χ2v) is 8.10. The third-order valence-electron chi connectivity index (χ3n) is 5.89. The summed E-state index contributed by atoms with van der Waals surface area (Å²) in [4.78, 5) is 26.5. The lowest BCUT2D eigenvalue weighted by atomic mass is 9.80. The maximum atomic E-state index is 13.4. The first-order valence-electron chi connectivity index (χ1n) is 10.9. The van der Waals surface area contributed by atoms with E-state index in [2.05, 4.69) is 6.92 Å². The normalized spacial score (nSPS) is 12.4. The van der Waals surface area contributed by atoms with Gasteiger partial charge in [-0.15, -0.1) is 0 Å². The van der Waals surface area contributed by atoms with Crippen LogP contribution in [0.5, 0.6) is 17.2 Å². The molecule has 0 aliphatic heterocycles. The van der Waals surface area contributed by atoms with Crippen molar-refractivity contribution >= 4 is 22.9 Å². The highest BCUT2D eigenvalue weighted by Crippen LogP contribution is 2.46. The molecule has 0 atom stereocenters. The van der Waals surface area contributed by atoms with Crippen molar-refractivity contribution in [3.05, 3.63) is 64.7 Å². The van der Waals surface area contributed by atoms with Crippen molar-refractivity contribution in [3.63, 3.8) is 0 Å². The zero-order valence-corrected chi connectivity index (χ0v) is 18.4. The summed E-state index contributed by atoms with van der Waals surface area (Å²) in [6.45, 7) is 2.65. The predicted octanol–water partition coefficient (Wildman–Crippen LogP) is 4.66. The van der Waals surface area contributed by atoms with Gasteiger partial charge in [0.15, 0.2) is 0 Å². The number of nitrogen functional groups attached to an aromatic ring is 2. The quantitative estimate of drug-likeness (QED) is 0.184. The van der Waals surface area contributed by atoms with E-state index in [1.807, 2.05) is 6.07 Å². The average Bonchev–Trinajstić information content (AvgIpc) is 2.80. The van der Waals surface area contributed by atoms with Crippen LogP contribution in [0.3, 0.4) is 0 Å². The highest BCUT2D eigenvalue weighted by molar-refractivity contribution is 6.33. The van der Waals surface area contributed by atoms with E-state index in [4.69, 9.17) is 16.2 Å². The van der Waals surface area contributed by atoms with Gasteiger partial charge in [-0.3, -0.25) is 9.59 Å². The number of aromatic hydroxyl groups is 2. The van der Waals surface area contributed by atoms with E-state index in [1.165, 1.54) is 18.2 Å². The first kappa shape index (κ1) is 22.2. The summed E-state index contributed by atoms with van der Waals surface area (Å²) in [5, 5.41) is 21.4. The lowest BCUT2D eigenvalue weighted by Crippen LogP contribution is -2.24. The fourth-order valence-corrected chi connectivity index (χ4v) is 4.22. The largest absolute Gasteiger partial charge is 0.507 e. The number of ether oxygens (including phenoxy) is 1. The molecular weight excluding hydrogens is 420 g/mol. The minimum atomic E-state index is -0.669. The molecule has 0 amide bonds. The molecule has 0 saturated heterocycles. The Bertz CT molecular complexity index is 1270. The third kappa shape index (κ3) is 3.75. The Morgan fingerprint density at radius 2 is 1.48 bits per heavy atom. The minimum Gasteiger partial charge on any atom is -0.507 e. The van der Waals surface area contributed by atoms with E-state index >= 15 is 0 Å². The van der Waals surface area contributed by atoms with Crippen molar-refractivity contribution in [2.24, 2.45) is 0 Å². The summed E-state index contributed by atoms with van der Waals surface area (Å²) in [6, 6.07) is 11.2. The molecule has 0 radical (unpaired) electrons. The molecule has 0 aromatic heterocycles. The molecule has 170 valence electrons. The van der Waals surface area contributed by atoms with E-state index in [0.717, 1.165) is 25.7 Å². The van der Waals surface area contributed by atoms with Crippen LogP contribution in [0.2, 0.25) is 0 Å². The maximum absolute atomic E-state index is 13.4. The van der Waals surface area contributed by atoms with Crippen LogP contribution in [0.4, 0.5) is 11.4 Å². The van der Waals surface area contributed by atoms with Crippen LogP contribution in [0.1, 0.15) is 64.4 Å². The van der Waals surface area contributed by atoms with Gasteiger partial charge in [0, 0.05) is 22.5 Å². The molecule has 3 aromatic rings. The summed E-state index contributed by atoms with van der Waals surface area (Å²) >= 11 is 0.